The molecular formula is C25H29N3O2S. The average Bonchev–Trinajstić information content (AvgIpc) is 3.00. The molecule has 2 amide bonds. The van der Waals surface area contributed by atoms with Crippen molar-refractivity contribution >= 4 is 29.3 Å². The summed E-state index contributed by atoms with van der Waals surface area (Å²) in [5.41, 5.74) is 6.68. The summed E-state index contributed by atoms with van der Waals surface area (Å²) < 4.78 is 0. The zero-order valence-electron chi connectivity index (χ0n) is 17.8. The molecule has 31 heavy (non-hydrogen) atoms. The topological polar surface area (TPSA) is 61.8 Å². The lowest BCUT2D eigenvalue weighted by Gasteiger charge is -2.24. The summed E-state index contributed by atoms with van der Waals surface area (Å²) in [4.78, 5) is 26.9. The molecule has 0 unspecified atom stereocenters. The van der Waals surface area contributed by atoms with Crippen LogP contribution >= 0.6 is 11.8 Å². The summed E-state index contributed by atoms with van der Waals surface area (Å²) in [5.74, 6) is 0.491. The zero-order chi connectivity index (χ0) is 21.5. The Bertz CT molecular complexity index is 918. The van der Waals surface area contributed by atoms with E-state index in [1.165, 1.54) is 18.4 Å². The first-order valence-corrected chi connectivity index (χ1v) is 12.2. The minimum atomic E-state index is -0.181. The number of hydrazone groups is 1. The molecule has 2 aromatic carbocycles. The van der Waals surface area contributed by atoms with Crippen LogP contribution in [0.3, 0.4) is 0 Å². The van der Waals surface area contributed by atoms with Gasteiger partial charge in [-0.1, -0.05) is 55.3 Å². The van der Waals surface area contributed by atoms with Gasteiger partial charge < -0.3 is 4.90 Å². The third kappa shape index (κ3) is 5.76. The van der Waals surface area contributed by atoms with E-state index < -0.39 is 0 Å². The summed E-state index contributed by atoms with van der Waals surface area (Å²) in [7, 11) is 0. The Morgan fingerprint density at radius 2 is 1.71 bits per heavy atom. The van der Waals surface area contributed by atoms with E-state index in [2.05, 4.69) is 22.7 Å². The maximum atomic E-state index is 12.5. The molecule has 0 bridgehead atoms. The van der Waals surface area contributed by atoms with E-state index >= 15 is 0 Å². The fourth-order valence-corrected chi connectivity index (χ4v) is 5.33. The molecule has 5 nitrogen and oxygen atoms in total. The molecule has 6 heteroatoms. The highest BCUT2D eigenvalue weighted by atomic mass is 32.2. The van der Waals surface area contributed by atoms with Crippen LogP contribution < -0.4 is 5.43 Å². The Kier molecular flexibility index (Phi) is 7.41. The van der Waals surface area contributed by atoms with Gasteiger partial charge in [0, 0.05) is 17.8 Å². The van der Waals surface area contributed by atoms with Crippen LogP contribution in [0.1, 0.15) is 65.4 Å². The van der Waals surface area contributed by atoms with Crippen LogP contribution in [0.2, 0.25) is 0 Å². The smallest absolute Gasteiger partial charge is 0.271 e. The largest absolute Gasteiger partial charge is 0.326 e. The Morgan fingerprint density at radius 1 is 1.00 bits per heavy atom. The van der Waals surface area contributed by atoms with Gasteiger partial charge in [0.2, 0.25) is 5.91 Å². The lowest BCUT2D eigenvalue weighted by atomic mass is 10.1. The number of benzene rings is 2. The van der Waals surface area contributed by atoms with Gasteiger partial charge in [-0.3, -0.25) is 9.59 Å². The van der Waals surface area contributed by atoms with Gasteiger partial charge in [-0.15, -0.1) is 11.8 Å². The van der Waals surface area contributed by atoms with E-state index in [0.717, 1.165) is 43.4 Å². The third-order valence-corrected chi connectivity index (χ3v) is 7.16. The van der Waals surface area contributed by atoms with E-state index in [0.29, 0.717) is 17.9 Å². The van der Waals surface area contributed by atoms with Crippen molar-refractivity contribution in [2.45, 2.75) is 50.3 Å². The highest BCUT2D eigenvalue weighted by molar-refractivity contribution is 8.00. The molecule has 2 fully saturated rings. The Morgan fingerprint density at radius 3 is 2.42 bits per heavy atom. The number of carbonyl (C=O) groups is 2. The van der Waals surface area contributed by atoms with Crippen molar-refractivity contribution in [3.05, 3.63) is 71.3 Å². The van der Waals surface area contributed by atoms with Crippen molar-refractivity contribution in [1.29, 1.82) is 0 Å². The van der Waals surface area contributed by atoms with Crippen LogP contribution in [0.15, 0.2) is 59.7 Å². The van der Waals surface area contributed by atoms with Crippen molar-refractivity contribution in [2.24, 2.45) is 5.10 Å². The minimum absolute atomic E-state index is 0.000412. The third-order valence-electron chi connectivity index (χ3n) is 5.91. The average molecular weight is 436 g/mol. The maximum Gasteiger partial charge on any atom is 0.271 e. The molecular weight excluding hydrogens is 406 g/mol. The van der Waals surface area contributed by atoms with Crippen molar-refractivity contribution < 1.29 is 9.59 Å². The first-order valence-electron chi connectivity index (χ1n) is 11.1. The SMILES string of the molecule is O=C(NN=C1CCCCCC1)c1ccc([C@H]2SCC(=O)N2CCc2ccccc2)cc1. The molecule has 0 aromatic heterocycles. The first kappa shape index (κ1) is 21.6. The molecule has 4 rings (SSSR count). The van der Waals surface area contributed by atoms with Gasteiger partial charge in [0.1, 0.15) is 5.37 Å². The van der Waals surface area contributed by atoms with Gasteiger partial charge in [-0.25, -0.2) is 5.43 Å². The van der Waals surface area contributed by atoms with Crippen LogP contribution in [0, 0.1) is 0 Å². The highest BCUT2D eigenvalue weighted by Crippen LogP contribution is 2.38. The highest BCUT2D eigenvalue weighted by Gasteiger charge is 2.32. The number of carbonyl (C=O) groups excluding carboxylic acids is 2. The van der Waals surface area contributed by atoms with Crippen molar-refractivity contribution in [2.75, 3.05) is 12.3 Å². The Labute approximate surface area is 188 Å². The van der Waals surface area contributed by atoms with Gasteiger partial charge >= 0.3 is 0 Å². The van der Waals surface area contributed by atoms with E-state index in [9.17, 15) is 9.59 Å². The number of nitrogens with zero attached hydrogens (tertiary/aromatic N) is 2. The van der Waals surface area contributed by atoms with Crippen LogP contribution in [0.4, 0.5) is 0 Å². The maximum absolute atomic E-state index is 12.5. The number of rotatable bonds is 6. The van der Waals surface area contributed by atoms with E-state index in [4.69, 9.17) is 0 Å². The summed E-state index contributed by atoms with van der Waals surface area (Å²) in [6.07, 6.45) is 7.60. The summed E-state index contributed by atoms with van der Waals surface area (Å²) >= 11 is 1.65. The van der Waals surface area contributed by atoms with Gasteiger partial charge in [-0.2, -0.15) is 5.10 Å². The van der Waals surface area contributed by atoms with E-state index in [-0.39, 0.29) is 17.2 Å². The molecule has 1 N–H and O–H groups in total. The molecule has 1 heterocycles. The van der Waals surface area contributed by atoms with E-state index in [1.807, 2.05) is 47.4 Å². The van der Waals surface area contributed by atoms with Crippen LogP contribution in [0.5, 0.6) is 0 Å². The first-order chi connectivity index (χ1) is 15.2. The van der Waals surface area contributed by atoms with Crippen molar-refractivity contribution in [1.82, 2.24) is 10.3 Å². The van der Waals surface area contributed by atoms with Crippen molar-refractivity contribution in [3.8, 4) is 0 Å². The lowest BCUT2D eigenvalue weighted by Crippen LogP contribution is -2.30. The molecule has 0 radical (unpaired) electrons. The summed E-state index contributed by atoms with van der Waals surface area (Å²) in [5, 5.41) is 4.35. The fourth-order valence-electron chi connectivity index (χ4n) is 4.11. The van der Waals surface area contributed by atoms with Crippen LogP contribution in [-0.4, -0.2) is 34.7 Å². The number of nitrogens with one attached hydrogen (secondary N) is 1. The monoisotopic (exact) mass is 435 g/mol. The summed E-state index contributed by atoms with van der Waals surface area (Å²) in [6, 6.07) is 17.8. The zero-order valence-corrected chi connectivity index (χ0v) is 18.6. The molecule has 2 aliphatic rings. The lowest BCUT2D eigenvalue weighted by molar-refractivity contribution is -0.128. The minimum Gasteiger partial charge on any atom is -0.326 e. The normalized spacial score (nSPS) is 19.2. The number of hydrogen-bond donors (Lipinski definition) is 1. The molecule has 1 aliphatic carbocycles. The molecule has 1 saturated heterocycles. The van der Waals surface area contributed by atoms with Crippen LogP contribution in [0.25, 0.3) is 0 Å². The van der Waals surface area contributed by atoms with Gasteiger partial charge in [0.05, 0.1) is 5.75 Å². The molecule has 162 valence electrons. The second-order valence-corrected chi connectivity index (χ2v) is 9.21. The molecule has 0 spiro atoms. The van der Waals surface area contributed by atoms with Gasteiger partial charge in [0.15, 0.2) is 0 Å². The predicted molar refractivity (Wildman–Crippen MR) is 126 cm³/mol. The van der Waals surface area contributed by atoms with E-state index in [1.54, 1.807) is 11.8 Å². The molecule has 1 saturated carbocycles. The summed E-state index contributed by atoms with van der Waals surface area (Å²) in [6.45, 7) is 0.695. The Balaban J connectivity index is 1.37. The van der Waals surface area contributed by atoms with Crippen molar-refractivity contribution in [3.63, 3.8) is 0 Å². The molecule has 1 atom stereocenters. The molecule has 1 aliphatic heterocycles. The predicted octanol–water partition coefficient (Wildman–Crippen LogP) is 4.94. The van der Waals surface area contributed by atoms with Gasteiger partial charge in [0.25, 0.3) is 5.91 Å². The second kappa shape index (κ2) is 10.6. The fraction of sp³-hybridized carbons (Fsp3) is 0.400. The second-order valence-electron chi connectivity index (χ2n) is 8.14. The Hall–Kier alpha value is -2.60. The van der Waals surface area contributed by atoms with Gasteiger partial charge in [-0.05, 0) is 55.4 Å². The van der Waals surface area contributed by atoms with Crippen LogP contribution in [-0.2, 0) is 11.2 Å². The number of amides is 2. The quantitative estimate of drug-likeness (QED) is 0.516. The standard InChI is InChI=1S/C25H29N3O2S/c29-23-18-31-25(28(23)17-16-19-8-4-3-5-9-19)21-14-12-20(13-15-21)24(30)27-26-22-10-6-1-2-7-11-22/h3-5,8-9,12-15,25H,1-2,6-7,10-11,16-18H2,(H,27,30)/t25-/m1/s1. The number of thioether (sulfide) groups is 1. The molecule has 2 aromatic rings. The number of hydrogen-bond acceptors (Lipinski definition) is 4.